The van der Waals surface area contributed by atoms with Crippen LogP contribution in [0.3, 0.4) is 0 Å². The van der Waals surface area contributed by atoms with Crippen LogP contribution < -0.4 is 5.32 Å². The van der Waals surface area contributed by atoms with E-state index in [1.165, 1.54) is 4.90 Å². The van der Waals surface area contributed by atoms with E-state index in [1.807, 2.05) is 0 Å². The third-order valence-electron chi connectivity index (χ3n) is 2.10. The molecular weight excluding hydrogens is 184 g/mol. The van der Waals surface area contributed by atoms with Crippen LogP contribution in [0.2, 0.25) is 0 Å². The Labute approximate surface area is 83.1 Å². The third-order valence-corrected chi connectivity index (χ3v) is 2.10. The van der Waals surface area contributed by atoms with Gasteiger partial charge in [-0.1, -0.05) is 0 Å². The van der Waals surface area contributed by atoms with E-state index in [-0.39, 0.29) is 24.9 Å². The average Bonchev–Trinajstić information content (AvgIpc) is 2.49. The van der Waals surface area contributed by atoms with Gasteiger partial charge in [0.05, 0.1) is 12.6 Å². The highest BCUT2D eigenvalue weighted by Gasteiger charge is 2.21. The largest absolute Gasteiger partial charge is 0.392 e. The fourth-order valence-electron chi connectivity index (χ4n) is 1.36. The van der Waals surface area contributed by atoms with Crippen LogP contribution in [0.1, 0.15) is 19.8 Å². The van der Waals surface area contributed by atoms with E-state index in [0.29, 0.717) is 13.0 Å². The summed E-state index contributed by atoms with van der Waals surface area (Å²) in [7, 11) is 0. The van der Waals surface area contributed by atoms with Crippen LogP contribution >= 0.6 is 0 Å². The molecule has 0 saturated carbocycles. The molecule has 1 rings (SSSR count). The number of nitrogens with one attached hydrogen (secondary N) is 1. The van der Waals surface area contributed by atoms with Gasteiger partial charge < -0.3 is 15.3 Å². The lowest BCUT2D eigenvalue weighted by atomic mass is 10.4. The second-order valence-electron chi connectivity index (χ2n) is 3.57. The van der Waals surface area contributed by atoms with E-state index >= 15 is 0 Å². The van der Waals surface area contributed by atoms with Crippen LogP contribution in [0, 0.1) is 0 Å². The number of aliphatic hydroxyl groups excluding tert-OH is 1. The maximum Gasteiger partial charge on any atom is 0.239 e. The fraction of sp³-hybridized carbons (Fsp3) is 0.778. The first-order chi connectivity index (χ1) is 6.59. The summed E-state index contributed by atoms with van der Waals surface area (Å²) in [6.07, 6.45) is 0.833. The molecule has 2 amide bonds. The van der Waals surface area contributed by atoms with Crippen LogP contribution in [-0.4, -0.2) is 47.6 Å². The number of amides is 2. The normalized spacial score (nSPS) is 18.4. The molecule has 0 aromatic carbocycles. The molecule has 14 heavy (non-hydrogen) atoms. The van der Waals surface area contributed by atoms with Gasteiger partial charge in [0.1, 0.15) is 0 Å². The maximum atomic E-state index is 11.2. The fourth-order valence-corrected chi connectivity index (χ4v) is 1.36. The van der Waals surface area contributed by atoms with Gasteiger partial charge in [-0.15, -0.1) is 0 Å². The lowest BCUT2D eigenvalue weighted by Crippen LogP contribution is -2.40. The van der Waals surface area contributed by atoms with Gasteiger partial charge in [-0.2, -0.15) is 0 Å². The van der Waals surface area contributed by atoms with E-state index < -0.39 is 6.10 Å². The highest BCUT2D eigenvalue weighted by atomic mass is 16.3. The van der Waals surface area contributed by atoms with Gasteiger partial charge in [-0.3, -0.25) is 9.59 Å². The number of nitrogens with zero attached hydrogens (tertiary/aromatic N) is 1. The molecule has 1 atom stereocenters. The molecular formula is C9H16N2O3. The predicted octanol–water partition coefficient (Wildman–Crippen LogP) is -0.894. The summed E-state index contributed by atoms with van der Waals surface area (Å²) in [6.45, 7) is 2.62. The summed E-state index contributed by atoms with van der Waals surface area (Å²) in [6, 6.07) is 0. The lowest BCUT2D eigenvalue weighted by molar-refractivity contribution is -0.133. The molecule has 1 aliphatic rings. The summed E-state index contributed by atoms with van der Waals surface area (Å²) in [4.78, 5) is 23.9. The Morgan fingerprint density at radius 3 is 2.93 bits per heavy atom. The van der Waals surface area contributed by atoms with Crippen molar-refractivity contribution in [1.82, 2.24) is 10.2 Å². The van der Waals surface area contributed by atoms with Crippen molar-refractivity contribution in [1.29, 1.82) is 0 Å². The Hall–Kier alpha value is -1.10. The zero-order valence-electron chi connectivity index (χ0n) is 8.32. The van der Waals surface area contributed by atoms with Crippen LogP contribution in [0.15, 0.2) is 0 Å². The number of carbonyl (C=O) groups is 2. The van der Waals surface area contributed by atoms with Gasteiger partial charge in [-0.05, 0) is 13.3 Å². The zero-order chi connectivity index (χ0) is 10.6. The van der Waals surface area contributed by atoms with Crippen molar-refractivity contribution in [3.05, 3.63) is 0 Å². The van der Waals surface area contributed by atoms with Crippen LogP contribution in [0.25, 0.3) is 0 Å². The van der Waals surface area contributed by atoms with E-state index in [2.05, 4.69) is 5.32 Å². The van der Waals surface area contributed by atoms with E-state index in [1.54, 1.807) is 6.92 Å². The molecule has 5 heteroatoms. The summed E-state index contributed by atoms with van der Waals surface area (Å²) >= 11 is 0. The van der Waals surface area contributed by atoms with Gasteiger partial charge in [0.2, 0.25) is 11.8 Å². The first-order valence-corrected chi connectivity index (χ1v) is 4.82. The number of likely N-dealkylation sites (tertiary alicyclic amines) is 1. The quantitative estimate of drug-likeness (QED) is 0.618. The SMILES string of the molecule is C[C@H](O)CNC(=O)CN1CCCC1=O. The van der Waals surface area contributed by atoms with Crippen molar-refractivity contribution in [3.8, 4) is 0 Å². The highest BCUT2D eigenvalue weighted by molar-refractivity contribution is 5.85. The second kappa shape index (κ2) is 4.95. The maximum absolute atomic E-state index is 11.2. The molecule has 0 radical (unpaired) electrons. The minimum absolute atomic E-state index is 0.0391. The number of hydrogen-bond donors (Lipinski definition) is 2. The Bertz CT molecular complexity index is 228. The molecule has 0 unspecified atom stereocenters. The number of aliphatic hydroxyl groups is 1. The number of carbonyl (C=O) groups excluding carboxylic acids is 2. The van der Waals surface area contributed by atoms with E-state index in [0.717, 1.165) is 6.42 Å². The van der Waals surface area contributed by atoms with Gasteiger partial charge in [0.25, 0.3) is 0 Å². The first-order valence-electron chi connectivity index (χ1n) is 4.82. The van der Waals surface area contributed by atoms with Crippen LogP contribution in [0.4, 0.5) is 0 Å². The number of rotatable bonds is 4. The average molecular weight is 200 g/mol. The lowest BCUT2D eigenvalue weighted by Gasteiger charge is -2.15. The summed E-state index contributed by atoms with van der Waals surface area (Å²) in [5.41, 5.74) is 0. The van der Waals surface area contributed by atoms with Gasteiger partial charge in [0, 0.05) is 19.5 Å². The standard InChI is InChI=1S/C9H16N2O3/c1-7(12)5-10-8(13)6-11-4-2-3-9(11)14/h7,12H,2-6H2,1H3,(H,10,13)/t7-/m0/s1. The van der Waals surface area contributed by atoms with Gasteiger partial charge in [-0.25, -0.2) is 0 Å². The van der Waals surface area contributed by atoms with Gasteiger partial charge in [0.15, 0.2) is 0 Å². The monoisotopic (exact) mass is 200 g/mol. The van der Waals surface area contributed by atoms with Crippen molar-refractivity contribution in [2.24, 2.45) is 0 Å². The molecule has 80 valence electrons. The van der Waals surface area contributed by atoms with Crippen molar-refractivity contribution < 1.29 is 14.7 Å². The molecule has 5 nitrogen and oxygen atoms in total. The third kappa shape index (κ3) is 3.33. The minimum Gasteiger partial charge on any atom is -0.392 e. The van der Waals surface area contributed by atoms with Crippen LogP contribution in [0.5, 0.6) is 0 Å². The molecule has 1 saturated heterocycles. The molecule has 1 heterocycles. The Kier molecular flexibility index (Phi) is 3.88. The second-order valence-corrected chi connectivity index (χ2v) is 3.57. The molecule has 1 aliphatic heterocycles. The Morgan fingerprint density at radius 2 is 2.43 bits per heavy atom. The Morgan fingerprint density at radius 1 is 1.71 bits per heavy atom. The zero-order valence-corrected chi connectivity index (χ0v) is 8.32. The molecule has 0 aliphatic carbocycles. The molecule has 0 aromatic rings. The first kappa shape index (κ1) is 11.0. The molecule has 1 fully saturated rings. The van der Waals surface area contributed by atoms with Crippen molar-refractivity contribution in [3.63, 3.8) is 0 Å². The van der Waals surface area contributed by atoms with E-state index in [4.69, 9.17) is 5.11 Å². The summed E-state index contributed by atoms with van der Waals surface area (Å²) in [5.74, 6) is -0.168. The van der Waals surface area contributed by atoms with Crippen LogP contribution in [-0.2, 0) is 9.59 Å². The highest BCUT2D eigenvalue weighted by Crippen LogP contribution is 2.08. The minimum atomic E-state index is -0.548. The molecule has 2 N–H and O–H groups in total. The molecule has 0 aromatic heterocycles. The van der Waals surface area contributed by atoms with Gasteiger partial charge >= 0.3 is 0 Å². The number of hydrogen-bond acceptors (Lipinski definition) is 3. The van der Waals surface area contributed by atoms with Crippen molar-refractivity contribution in [2.75, 3.05) is 19.6 Å². The smallest absolute Gasteiger partial charge is 0.239 e. The predicted molar refractivity (Wildman–Crippen MR) is 50.5 cm³/mol. The summed E-state index contributed by atoms with van der Waals surface area (Å²) < 4.78 is 0. The van der Waals surface area contributed by atoms with Crippen molar-refractivity contribution >= 4 is 11.8 Å². The summed E-state index contributed by atoms with van der Waals surface area (Å²) in [5, 5.41) is 11.5. The topological polar surface area (TPSA) is 69.6 Å². The Balaban J connectivity index is 2.23. The van der Waals surface area contributed by atoms with E-state index in [9.17, 15) is 9.59 Å². The molecule has 0 spiro atoms. The molecule has 0 bridgehead atoms. The van der Waals surface area contributed by atoms with Crippen molar-refractivity contribution in [2.45, 2.75) is 25.9 Å².